The molecule has 94 valence electrons. The molecule has 17 heavy (non-hydrogen) atoms. The summed E-state index contributed by atoms with van der Waals surface area (Å²) in [5.41, 5.74) is -0.918. The van der Waals surface area contributed by atoms with Crippen molar-refractivity contribution in [1.82, 2.24) is 0 Å². The van der Waals surface area contributed by atoms with Crippen LogP contribution in [0, 0.1) is 0 Å². The summed E-state index contributed by atoms with van der Waals surface area (Å²) in [5, 5.41) is 17.3. The molecule has 1 rings (SSSR count). The molecule has 6 nitrogen and oxygen atoms in total. The van der Waals surface area contributed by atoms with Crippen molar-refractivity contribution in [2.24, 2.45) is 0 Å². The van der Waals surface area contributed by atoms with Crippen LogP contribution in [-0.4, -0.2) is 30.6 Å². The molecular weight excluding hydrogens is 295 g/mol. The Morgan fingerprint density at radius 2 is 1.35 bits per heavy atom. The van der Waals surface area contributed by atoms with E-state index in [9.17, 15) is 18.0 Å². The van der Waals surface area contributed by atoms with E-state index in [2.05, 4.69) is 0 Å². The second kappa shape index (κ2) is 5.35. The molecule has 0 amide bonds. The van der Waals surface area contributed by atoms with Gasteiger partial charge in [-0.05, 0) is 18.2 Å². The Hall–Kier alpha value is -1.31. The number of halogens is 2. The van der Waals surface area contributed by atoms with E-state index >= 15 is 0 Å². The minimum absolute atomic E-state index is 0. The number of rotatable bonds is 3. The van der Waals surface area contributed by atoms with Crippen LogP contribution in [-0.2, 0) is 9.05 Å². The van der Waals surface area contributed by atoms with E-state index in [1.165, 1.54) is 0 Å². The van der Waals surface area contributed by atoms with E-state index in [0.717, 1.165) is 18.2 Å². The van der Waals surface area contributed by atoms with Crippen molar-refractivity contribution in [2.75, 3.05) is 0 Å². The Balaban J connectivity index is 0.00000256. The molecule has 0 aromatic heterocycles. The molecule has 9 heteroatoms. The quantitative estimate of drug-likeness (QED) is 0.817. The first kappa shape index (κ1) is 15.7. The lowest BCUT2D eigenvalue weighted by molar-refractivity contribution is 0.0696. The fourth-order valence-corrected chi connectivity index (χ4v) is 1.79. The number of carbonyl (C=O) groups is 2. The van der Waals surface area contributed by atoms with Crippen LogP contribution in [0.3, 0.4) is 0 Å². The highest BCUT2D eigenvalue weighted by Crippen LogP contribution is 2.19. The maximum absolute atomic E-state index is 11.0. The summed E-state index contributed by atoms with van der Waals surface area (Å²) in [6.07, 6.45) is 0. The summed E-state index contributed by atoms with van der Waals surface area (Å²) in [5.74, 6) is -2.88. The fourth-order valence-electron chi connectivity index (χ4n) is 0.987. The van der Waals surface area contributed by atoms with Crippen molar-refractivity contribution in [1.29, 1.82) is 0 Å². The lowest BCUT2D eigenvalue weighted by Gasteiger charge is -2.01. The maximum atomic E-state index is 11.0. The topological polar surface area (TPSA) is 109 Å². The molecule has 0 aliphatic rings. The normalized spacial score (nSPS) is 10.4. The predicted molar refractivity (Wildman–Crippen MR) is 60.6 cm³/mol. The molecule has 0 bridgehead atoms. The van der Waals surface area contributed by atoms with Gasteiger partial charge in [0, 0.05) is 10.7 Å². The summed E-state index contributed by atoms with van der Waals surface area (Å²) in [4.78, 5) is 20.7. The number of carboxylic acid groups (broad SMARTS) is 2. The zero-order valence-electron chi connectivity index (χ0n) is 7.95. The lowest BCUT2D eigenvalue weighted by Crippen LogP contribution is -2.05. The minimum Gasteiger partial charge on any atom is -0.478 e. The standard InChI is InChI=1S/C8H5ClO6S.ClH/c9-16(14,15)6-2-4(7(10)11)1-5(3-6)8(12)13;/h1-3H,(H,10,11)(H,12,13);1H. The van der Waals surface area contributed by atoms with Crippen LogP contribution in [0.1, 0.15) is 20.7 Å². The highest BCUT2D eigenvalue weighted by atomic mass is 35.7. The average molecular weight is 301 g/mol. The van der Waals surface area contributed by atoms with Crippen LogP contribution in [0.15, 0.2) is 23.1 Å². The Morgan fingerprint density at radius 1 is 1.00 bits per heavy atom. The van der Waals surface area contributed by atoms with Gasteiger partial charge in [-0.2, -0.15) is 0 Å². The van der Waals surface area contributed by atoms with Crippen LogP contribution in [0.25, 0.3) is 0 Å². The number of hydrogen-bond donors (Lipinski definition) is 2. The fraction of sp³-hybridized carbons (Fsp3) is 0. The van der Waals surface area contributed by atoms with Crippen LogP contribution in [0.5, 0.6) is 0 Å². The van der Waals surface area contributed by atoms with Gasteiger partial charge >= 0.3 is 11.9 Å². The van der Waals surface area contributed by atoms with E-state index < -0.39 is 37.0 Å². The highest BCUT2D eigenvalue weighted by molar-refractivity contribution is 8.13. The summed E-state index contributed by atoms with van der Waals surface area (Å²) in [6.45, 7) is 0. The van der Waals surface area contributed by atoms with Crippen molar-refractivity contribution in [3.63, 3.8) is 0 Å². The van der Waals surface area contributed by atoms with Gasteiger partial charge in [0.05, 0.1) is 16.0 Å². The van der Waals surface area contributed by atoms with Crippen molar-refractivity contribution in [2.45, 2.75) is 4.90 Å². The third-order valence-electron chi connectivity index (χ3n) is 1.68. The van der Waals surface area contributed by atoms with Gasteiger partial charge in [-0.3, -0.25) is 0 Å². The average Bonchev–Trinajstić information content (AvgIpc) is 2.15. The molecule has 2 N–H and O–H groups in total. The molecule has 1 aromatic carbocycles. The molecule has 0 radical (unpaired) electrons. The summed E-state index contributed by atoms with van der Waals surface area (Å²) < 4.78 is 21.9. The zero-order valence-corrected chi connectivity index (χ0v) is 10.3. The number of benzene rings is 1. The van der Waals surface area contributed by atoms with Crippen molar-refractivity contribution >= 4 is 44.1 Å². The second-order valence-corrected chi connectivity index (χ2v) is 5.36. The molecule has 0 heterocycles. The van der Waals surface area contributed by atoms with Gasteiger partial charge in [-0.15, -0.1) is 12.4 Å². The molecule has 0 saturated heterocycles. The van der Waals surface area contributed by atoms with Gasteiger partial charge in [0.2, 0.25) is 0 Å². The van der Waals surface area contributed by atoms with Crippen LogP contribution >= 0.6 is 23.1 Å². The molecule has 0 spiro atoms. The van der Waals surface area contributed by atoms with Crippen LogP contribution < -0.4 is 0 Å². The van der Waals surface area contributed by atoms with E-state index in [1.807, 2.05) is 0 Å². The Kier molecular flexibility index (Phi) is 4.94. The molecule has 0 unspecified atom stereocenters. The van der Waals surface area contributed by atoms with Crippen LogP contribution in [0.4, 0.5) is 0 Å². The molecule has 0 atom stereocenters. The van der Waals surface area contributed by atoms with E-state index in [1.54, 1.807) is 0 Å². The van der Waals surface area contributed by atoms with Gasteiger partial charge < -0.3 is 10.2 Å². The molecule has 0 aliphatic carbocycles. The maximum Gasteiger partial charge on any atom is 0.335 e. The van der Waals surface area contributed by atoms with Gasteiger partial charge in [0.25, 0.3) is 9.05 Å². The number of aromatic carboxylic acids is 2. The first-order valence-corrected chi connectivity index (χ1v) is 6.09. The lowest BCUT2D eigenvalue weighted by atomic mass is 10.1. The van der Waals surface area contributed by atoms with Gasteiger partial charge in [0.1, 0.15) is 0 Å². The van der Waals surface area contributed by atoms with E-state index in [-0.39, 0.29) is 12.4 Å². The van der Waals surface area contributed by atoms with E-state index in [0.29, 0.717) is 0 Å². The Bertz CT molecular complexity index is 533. The molecule has 1 aromatic rings. The van der Waals surface area contributed by atoms with Gasteiger partial charge in [-0.25, -0.2) is 18.0 Å². The summed E-state index contributed by atoms with van der Waals surface area (Å²) in [6, 6.07) is 2.42. The van der Waals surface area contributed by atoms with Crippen molar-refractivity contribution < 1.29 is 28.2 Å². The minimum atomic E-state index is -4.17. The molecule has 0 aliphatic heterocycles. The largest absolute Gasteiger partial charge is 0.478 e. The van der Waals surface area contributed by atoms with E-state index in [4.69, 9.17) is 20.9 Å². The monoisotopic (exact) mass is 300 g/mol. The second-order valence-electron chi connectivity index (χ2n) is 2.79. The SMILES string of the molecule is Cl.O=C(O)c1cc(C(=O)O)cc(S(=O)(=O)Cl)c1. The van der Waals surface area contributed by atoms with Crippen LogP contribution in [0.2, 0.25) is 0 Å². The van der Waals surface area contributed by atoms with Gasteiger partial charge in [0.15, 0.2) is 0 Å². The smallest absolute Gasteiger partial charge is 0.335 e. The predicted octanol–water partition coefficient (Wildman–Crippen LogP) is 1.43. The molecule has 0 fully saturated rings. The molecule has 0 saturated carbocycles. The third-order valence-corrected chi connectivity index (χ3v) is 3.02. The first-order valence-electron chi connectivity index (χ1n) is 3.78. The Labute approximate surface area is 107 Å². The summed E-state index contributed by atoms with van der Waals surface area (Å²) in [7, 11) is 0.829. The first-order chi connectivity index (χ1) is 7.21. The Morgan fingerprint density at radius 3 is 1.59 bits per heavy atom. The summed E-state index contributed by atoms with van der Waals surface area (Å²) >= 11 is 0. The third kappa shape index (κ3) is 3.88. The number of carboxylic acids is 2. The highest BCUT2D eigenvalue weighted by Gasteiger charge is 2.17. The van der Waals surface area contributed by atoms with Crippen molar-refractivity contribution in [3.8, 4) is 0 Å². The van der Waals surface area contributed by atoms with Crippen molar-refractivity contribution in [3.05, 3.63) is 29.3 Å². The number of hydrogen-bond acceptors (Lipinski definition) is 4. The zero-order chi connectivity index (χ0) is 12.5. The molecular formula is C8H6Cl2O6S. The van der Waals surface area contributed by atoms with Gasteiger partial charge in [-0.1, -0.05) is 0 Å².